The molecule has 138 valence electrons. The Morgan fingerprint density at radius 2 is 1.78 bits per heavy atom. The van der Waals surface area contributed by atoms with Gasteiger partial charge < -0.3 is 10.6 Å². The molecule has 1 saturated carbocycles. The van der Waals surface area contributed by atoms with Gasteiger partial charge in [0.1, 0.15) is 5.82 Å². The van der Waals surface area contributed by atoms with Crippen LogP contribution in [-0.2, 0) is 6.54 Å². The zero-order valence-corrected chi connectivity index (χ0v) is 16.6. The van der Waals surface area contributed by atoms with Crippen LogP contribution in [0.2, 0.25) is 0 Å². The van der Waals surface area contributed by atoms with Crippen molar-refractivity contribution in [1.29, 1.82) is 0 Å². The molecule has 2 aromatic heterocycles. The number of rotatable bonds is 6. The molecule has 0 amide bonds. The molecule has 0 saturated heterocycles. The second-order valence-corrected chi connectivity index (χ2v) is 7.62. The highest BCUT2D eigenvalue weighted by Crippen LogP contribution is 2.25. The van der Waals surface area contributed by atoms with Crippen LogP contribution in [0.3, 0.4) is 0 Å². The highest BCUT2D eigenvalue weighted by atomic mass is 79.9. The summed E-state index contributed by atoms with van der Waals surface area (Å²) in [6.45, 7) is 0.692. The lowest BCUT2D eigenvalue weighted by Gasteiger charge is -2.15. The van der Waals surface area contributed by atoms with Crippen molar-refractivity contribution in [2.75, 3.05) is 10.6 Å². The Morgan fingerprint density at radius 1 is 1.00 bits per heavy atom. The first-order chi connectivity index (χ1) is 13.3. The predicted molar refractivity (Wildman–Crippen MR) is 113 cm³/mol. The quantitative estimate of drug-likeness (QED) is 0.565. The third kappa shape index (κ3) is 4.63. The molecule has 0 spiro atoms. The van der Waals surface area contributed by atoms with Crippen LogP contribution >= 0.6 is 15.9 Å². The van der Waals surface area contributed by atoms with Crippen molar-refractivity contribution < 1.29 is 0 Å². The first kappa shape index (κ1) is 17.9. The third-order valence-corrected chi connectivity index (χ3v) is 5.58. The van der Waals surface area contributed by atoms with E-state index in [9.17, 15) is 0 Å². The molecule has 2 heterocycles. The molecule has 3 aromatic rings. The van der Waals surface area contributed by atoms with Crippen LogP contribution in [0.1, 0.15) is 31.2 Å². The molecule has 2 N–H and O–H groups in total. The maximum Gasteiger partial charge on any atom is 0.225 e. The second kappa shape index (κ2) is 8.48. The highest BCUT2D eigenvalue weighted by Gasteiger charge is 2.16. The highest BCUT2D eigenvalue weighted by molar-refractivity contribution is 9.10. The summed E-state index contributed by atoms with van der Waals surface area (Å²) in [4.78, 5) is 13.5. The van der Waals surface area contributed by atoms with Crippen molar-refractivity contribution in [3.63, 3.8) is 0 Å². The first-order valence-corrected chi connectivity index (χ1v) is 10.1. The Labute approximate surface area is 167 Å². The van der Waals surface area contributed by atoms with Crippen LogP contribution in [0, 0.1) is 0 Å². The van der Waals surface area contributed by atoms with Crippen molar-refractivity contribution in [2.24, 2.45) is 0 Å². The molecular weight excluding hydrogens is 402 g/mol. The summed E-state index contributed by atoms with van der Waals surface area (Å²) >= 11 is 3.60. The van der Waals surface area contributed by atoms with Gasteiger partial charge in [-0.25, -0.2) is 4.98 Å². The minimum absolute atomic E-state index is 0.466. The van der Waals surface area contributed by atoms with Gasteiger partial charge in [0.25, 0.3) is 0 Å². The Bertz CT molecular complexity index is 894. The Morgan fingerprint density at radius 3 is 2.56 bits per heavy atom. The summed E-state index contributed by atoms with van der Waals surface area (Å²) in [5.74, 6) is 1.50. The Hall–Kier alpha value is -2.47. The van der Waals surface area contributed by atoms with E-state index in [1.54, 1.807) is 12.4 Å². The van der Waals surface area contributed by atoms with E-state index in [0.717, 1.165) is 21.5 Å². The molecule has 0 bridgehead atoms. The average Bonchev–Trinajstić information content (AvgIpc) is 3.21. The maximum atomic E-state index is 4.74. The predicted octanol–water partition coefficient (Wildman–Crippen LogP) is 5.27. The number of nitrogens with zero attached hydrogens (tertiary/aromatic N) is 3. The van der Waals surface area contributed by atoms with Crippen molar-refractivity contribution in [3.8, 4) is 11.3 Å². The van der Waals surface area contributed by atoms with Crippen LogP contribution in [0.25, 0.3) is 11.3 Å². The Kier molecular flexibility index (Phi) is 5.63. The number of halogens is 1. The van der Waals surface area contributed by atoms with Gasteiger partial charge in [-0.15, -0.1) is 0 Å². The summed E-state index contributed by atoms with van der Waals surface area (Å²) in [6.07, 6.45) is 8.49. The molecule has 27 heavy (non-hydrogen) atoms. The Balaban J connectivity index is 1.59. The van der Waals surface area contributed by atoms with E-state index >= 15 is 0 Å². The summed E-state index contributed by atoms with van der Waals surface area (Å²) < 4.78 is 1.09. The van der Waals surface area contributed by atoms with E-state index in [-0.39, 0.29) is 0 Å². The lowest BCUT2D eigenvalue weighted by molar-refractivity contribution is 0.744. The van der Waals surface area contributed by atoms with Gasteiger partial charge in [-0.3, -0.25) is 4.98 Å². The van der Waals surface area contributed by atoms with Crippen molar-refractivity contribution in [3.05, 3.63) is 64.9 Å². The molecule has 0 aliphatic heterocycles. The number of anilines is 2. The van der Waals surface area contributed by atoms with Gasteiger partial charge in [0, 0.05) is 41.1 Å². The van der Waals surface area contributed by atoms with Gasteiger partial charge in [0.05, 0.1) is 5.69 Å². The topological polar surface area (TPSA) is 62.7 Å². The lowest BCUT2D eigenvalue weighted by Crippen LogP contribution is -2.17. The first-order valence-electron chi connectivity index (χ1n) is 9.31. The fourth-order valence-electron chi connectivity index (χ4n) is 3.35. The SMILES string of the molecule is Brc1ccccc1CNc1cc(-c2ccncc2)nc(NC2CCCC2)n1. The number of hydrogen-bond donors (Lipinski definition) is 2. The van der Waals surface area contributed by atoms with Crippen molar-refractivity contribution in [2.45, 2.75) is 38.3 Å². The molecule has 4 rings (SSSR count). The van der Waals surface area contributed by atoms with Gasteiger partial charge in [-0.1, -0.05) is 47.0 Å². The third-order valence-electron chi connectivity index (χ3n) is 4.81. The number of pyridine rings is 1. The molecule has 5 nitrogen and oxygen atoms in total. The minimum Gasteiger partial charge on any atom is -0.366 e. The van der Waals surface area contributed by atoms with E-state index in [1.165, 1.54) is 31.2 Å². The summed E-state index contributed by atoms with van der Waals surface area (Å²) in [5, 5.41) is 6.95. The molecule has 6 heteroatoms. The monoisotopic (exact) mass is 423 g/mol. The minimum atomic E-state index is 0.466. The fourth-order valence-corrected chi connectivity index (χ4v) is 3.78. The average molecular weight is 424 g/mol. The van der Waals surface area contributed by atoms with Gasteiger partial charge in [-0.2, -0.15) is 4.98 Å². The normalized spacial score (nSPS) is 14.3. The molecular formula is C21H22BrN5. The van der Waals surface area contributed by atoms with E-state index in [2.05, 4.69) is 37.6 Å². The molecule has 0 atom stereocenters. The van der Waals surface area contributed by atoms with Crippen LogP contribution < -0.4 is 10.6 Å². The molecule has 0 radical (unpaired) electrons. The molecule has 1 aliphatic carbocycles. The molecule has 1 aromatic carbocycles. The van der Waals surface area contributed by atoms with Crippen LogP contribution in [0.5, 0.6) is 0 Å². The maximum absolute atomic E-state index is 4.74. The largest absolute Gasteiger partial charge is 0.366 e. The summed E-state index contributed by atoms with van der Waals surface area (Å²) in [7, 11) is 0. The van der Waals surface area contributed by atoms with E-state index in [1.807, 2.05) is 36.4 Å². The number of benzene rings is 1. The zero-order chi connectivity index (χ0) is 18.5. The zero-order valence-electron chi connectivity index (χ0n) is 15.0. The number of hydrogen-bond acceptors (Lipinski definition) is 5. The van der Waals surface area contributed by atoms with Gasteiger partial charge in [0.15, 0.2) is 0 Å². The van der Waals surface area contributed by atoms with E-state index in [0.29, 0.717) is 18.5 Å². The number of nitrogens with one attached hydrogen (secondary N) is 2. The van der Waals surface area contributed by atoms with Crippen LogP contribution in [0.15, 0.2) is 59.3 Å². The smallest absolute Gasteiger partial charge is 0.225 e. The fraction of sp³-hybridized carbons (Fsp3) is 0.286. The second-order valence-electron chi connectivity index (χ2n) is 6.77. The van der Waals surface area contributed by atoms with Gasteiger partial charge in [-0.05, 0) is 36.6 Å². The lowest BCUT2D eigenvalue weighted by atomic mass is 10.2. The van der Waals surface area contributed by atoms with Crippen molar-refractivity contribution in [1.82, 2.24) is 15.0 Å². The van der Waals surface area contributed by atoms with E-state index in [4.69, 9.17) is 9.97 Å². The molecule has 1 aliphatic rings. The molecule has 0 unspecified atom stereocenters. The summed E-state index contributed by atoms with van der Waals surface area (Å²) in [5.41, 5.74) is 3.11. The van der Waals surface area contributed by atoms with Crippen molar-refractivity contribution >= 4 is 27.7 Å². The summed E-state index contributed by atoms with van der Waals surface area (Å²) in [6, 6.07) is 14.6. The standard InChI is InChI=1S/C21H22BrN5/c22-18-8-4-1-5-16(18)14-24-20-13-19(15-9-11-23-12-10-15)26-21(27-20)25-17-6-2-3-7-17/h1,4-5,8-13,17H,2-3,6-7,14H2,(H2,24,25,26,27). The van der Waals surface area contributed by atoms with Gasteiger partial charge in [0.2, 0.25) is 5.95 Å². The van der Waals surface area contributed by atoms with Crippen LogP contribution in [-0.4, -0.2) is 21.0 Å². The van der Waals surface area contributed by atoms with E-state index < -0.39 is 0 Å². The number of aromatic nitrogens is 3. The molecule has 1 fully saturated rings. The van der Waals surface area contributed by atoms with Crippen LogP contribution in [0.4, 0.5) is 11.8 Å². The van der Waals surface area contributed by atoms with Gasteiger partial charge >= 0.3 is 0 Å².